The summed E-state index contributed by atoms with van der Waals surface area (Å²) < 4.78 is 36.6. The molecule has 1 heterocycles. The molecule has 17 heteroatoms. The third kappa shape index (κ3) is 11.3. The van der Waals surface area contributed by atoms with Crippen LogP contribution in [0.5, 0.6) is 0 Å². The molecule has 1 aliphatic rings. The lowest BCUT2D eigenvalue weighted by Crippen LogP contribution is -2.68. The summed E-state index contributed by atoms with van der Waals surface area (Å²) in [6.45, 7) is 4.81. The largest absolute Gasteiger partial charge is 0.466 e. The zero-order chi connectivity index (χ0) is 31.5. The zero-order valence-corrected chi connectivity index (χ0v) is 24.4. The van der Waals surface area contributed by atoms with Crippen molar-refractivity contribution < 1.29 is 71.5 Å². The summed E-state index contributed by atoms with van der Waals surface area (Å²) in [7, 11) is 1.00. The van der Waals surface area contributed by atoms with Crippen molar-refractivity contribution in [3.8, 4) is 0 Å². The molecule has 0 radical (unpaired) electrons. The van der Waals surface area contributed by atoms with Gasteiger partial charge >= 0.3 is 35.8 Å². The Kier molecular flexibility index (Phi) is 13.7. The average Bonchev–Trinajstić information content (AvgIpc) is 2.83. The van der Waals surface area contributed by atoms with E-state index >= 15 is 0 Å². The van der Waals surface area contributed by atoms with Gasteiger partial charge in [-0.2, -0.15) is 0 Å². The van der Waals surface area contributed by atoms with E-state index in [0.29, 0.717) is 11.8 Å². The highest BCUT2D eigenvalue weighted by atomic mass is 32.2. The van der Waals surface area contributed by atoms with Crippen LogP contribution in [0, 0.1) is 0 Å². The van der Waals surface area contributed by atoms with E-state index in [9.17, 15) is 38.4 Å². The fourth-order valence-corrected chi connectivity index (χ4v) is 4.93. The van der Waals surface area contributed by atoms with Crippen LogP contribution in [-0.4, -0.2) is 103 Å². The Balaban J connectivity index is 3.87. The molecule has 0 spiro atoms. The number of hydrogen-bond donors (Lipinski definition) is 1. The second kappa shape index (κ2) is 15.9. The first-order valence-electron chi connectivity index (χ1n) is 12.0. The lowest BCUT2D eigenvalue weighted by molar-refractivity contribution is -0.224. The molecule has 0 bridgehead atoms. The van der Waals surface area contributed by atoms with Gasteiger partial charge in [0.1, 0.15) is 18.8 Å². The minimum absolute atomic E-state index is 0.363. The van der Waals surface area contributed by atoms with E-state index < -0.39 is 102 Å². The Morgan fingerprint density at radius 2 is 1.44 bits per heavy atom. The highest BCUT2D eigenvalue weighted by Gasteiger charge is 2.59. The van der Waals surface area contributed by atoms with Crippen molar-refractivity contribution >= 4 is 58.6 Å². The molecule has 0 aliphatic carbocycles. The van der Waals surface area contributed by atoms with Gasteiger partial charge in [0, 0.05) is 48.0 Å². The lowest BCUT2D eigenvalue weighted by Gasteiger charge is -2.48. The number of esters is 6. The topological polar surface area (TPSA) is 213 Å². The van der Waals surface area contributed by atoms with E-state index in [2.05, 4.69) is 5.32 Å². The Morgan fingerprint density at radius 3 is 1.90 bits per heavy atom. The van der Waals surface area contributed by atoms with Crippen LogP contribution in [0.4, 0.5) is 0 Å². The molecule has 230 valence electrons. The number of hydrogen-bond acceptors (Lipinski definition) is 16. The fourth-order valence-electron chi connectivity index (χ4n) is 3.90. The van der Waals surface area contributed by atoms with Gasteiger partial charge in [-0.25, -0.2) is 4.79 Å². The zero-order valence-electron chi connectivity index (χ0n) is 23.5. The standard InChI is InChI=1S/C24H33NO15S/c1-11(26)35-9-18(38-14(4)29)21(39-15(5)30)22-20(25-19(32)10-36-12(2)27)17(37-13(3)28)8-24(40-22,23(33)34-7)41-16(6)31/h17-18,20-22H,8-10H2,1-7H3,(H,25,32)/t17-,18+,20+,21+,22+,24-/m0/s1. The monoisotopic (exact) mass is 607 g/mol. The fraction of sp³-hybridized carbons (Fsp3) is 0.667. The van der Waals surface area contributed by atoms with E-state index in [1.165, 1.54) is 0 Å². The van der Waals surface area contributed by atoms with Gasteiger partial charge in [-0.15, -0.1) is 0 Å². The van der Waals surface area contributed by atoms with Crippen LogP contribution in [0.15, 0.2) is 0 Å². The number of carbonyl (C=O) groups is 8. The third-order valence-corrected chi connectivity index (χ3v) is 6.21. The highest BCUT2D eigenvalue weighted by molar-refractivity contribution is 8.15. The number of rotatable bonds is 12. The van der Waals surface area contributed by atoms with Gasteiger partial charge in [0.2, 0.25) is 4.93 Å². The van der Waals surface area contributed by atoms with Gasteiger partial charge in [0.25, 0.3) is 5.91 Å². The quantitative estimate of drug-likeness (QED) is 0.215. The summed E-state index contributed by atoms with van der Waals surface area (Å²) in [6.07, 6.45) is -7.07. The van der Waals surface area contributed by atoms with Crippen molar-refractivity contribution in [2.45, 2.75) is 83.4 Å². The van der Waals surface area contributed by atoms with E-state index in [4.69, 9.17) is 33.2 Å². The molecule has 16 nitrogen and oxygen atoms in total. The van der Waals surface area contributed by atoms with Crippen molar-refractivity contribution in [1.29, 1.82) is 0 Å². The SMILES string of the molecule is COC(=O)[C@@]1(SC(C)=O)C[C@H](OC(C)=O)[C@@H](NC(=O)COC(C)=O)[C@H]([C@H](OC(C)=O)[C@@H](COC(C)=O)OC(C)=O)O1. The minimum Gasteiger partial charge on any atom is -0.466 e. The second-order valence-corrected chi connectivity index (χ2v) is 10.1. The summed E-state index contributed by atoms with van der Waals surface area (Å²) >= 11 is 0.363. The van der Waals surface area contributed by atoms with E-state index in [-0.39, 0.29) is 0 Å². The number of methoxy groups -OCH3 is 1. The maximum atomic E-state index is 13.0. The van der Waals surface area contributed by atoms with E-state index in [1.807, 2.05) is 0 Å². The van der Waals surface area contributed by atoms with E-state index in [0.717, 1.165) is 48.7 Å². The molecule has 0 unspecified atom stereocenters. The molecular weight excluding hydrogens is 574 g/mol. The highest BCUT2D eigenvalue weighted by Crippen LogP contribution is 2.43. The van der Waals surface area contributed by atoms with Crippen molar-refractivity contribution in [3.05, 3.63) is 0 Å². The number of carbonyl (C=O) groups excluding carboxylic acids is 8. The summed E-state index contributed by atoms with van der Waals surface area (Å²) in [4.78, 5) is 94.8. The normalized spacial score (nSPS) is 23.0. The maximum absolute atomic E-state index is 13.0. The van der Waals surface area contributed by atoms with Crippen molar-refractivity contribution in [2.24, 2.45) is 0 Å². The summed E-state index contributed by atoms with van der Waals surface area (Å²) in [5, 5.41) is 1.82. The Labute approximate surface area is 239 Å². The van der Waals surface area contributed by atoms with Crippen LogP contribution in [-0.2, 0) is 71.5 Å². The molecule has 1 rings (SSSR count). The van der Waals surface area contributed by atoms with Gasteiger partial charge < -0.3 is 38.5 Å². The van der Waals surface area contributed by atoms with Crippen LogP contribution in [0.3, 0.4) is 0 Å². The first-order valence-corrected chi connectivity index (χ1v) is 12.9. The van der Waals surface area contributed by atoms with Gasteiger partial charge in [-0.3, -0.25) is 33.6 Å². The van der Waals surface area contributed by atoms with Gasteiger partial charge in [0.15, 0.2) is 23.9 Å². The molecule has 1 amide bonds. The predicted octanol–water partition coefficient (Wildman–Crippen LogP) is -0.670. The summed E-state index contributed by atoms with van der Waals surface area (Å²) in [5.74, 6) is -6.35. The molecule has 0 aromatic heterocycles. The Morgan fingerprint density at radius 1 is 0.854 bits per heavy atom. The average molecular weight is 608 g/mol. The number of thioether (sulfide) groups is 1. The minimum atomic E-state index is -2.22. The van der Waals surface area contributed by atoms with Crippen molar-refractivity contribution in [1.82, 2.24) is 5.32 Å². The van der Waals surface area contributed by atoms with Crippen LogP contribution < -0.4 is 5.32 Å². The van der Waals surface area contributed by atoms with Crippen LogP contribution in [0.1, 0.15) is 48.0 Å². The second-order valence-electron chi connectivity index (χ2n) is 8.67. The predicted molar refractivity (Wildman–Crippen MR) is 134 cm³/mol. The number of ether oxygens (including phenoxy) is 7. The van der Waals surface area contributed by atoms with Crippen molar-refractivity contribution in [3.63, 3.8) is 0 Å². The molecule has 0 aromatic rings. The van der Waals surface area contributed by atoms with Crippen LogP contribution >= 0.6 is 11.8 Å². The molecule has 41 heavy (non-hydrogen) atoms. The van der Waals surface area contributed by atoms with Crippen LogP contribution in [0.25, 0.3) is 0 Å². The lowest BCUT2D eigenvalue weighted by atomic mass is 9.89. The molecule has 0 aromatic carbocycles. The molecular formula is C24H33NO15S. The maximum Gasteiger partial charge on any atom is 0.349 e. The first kappa shape index (κ1) is 35.3. The molecule has 1 fully saturated rings. The van der Waals surface area contributed by atoms with Crippen molar-refractivity contribution in [2.75, 3.05) is 20.3 Å². The van der Waals surface area contributed by atoms with E-state index in [1.54, 1.807) is 0 Å². The molecule has 1 aliphatic heterocycles. The Bertz CT molecular complexity index is 1050. The smallest absolute Gasteiger partial charge is 0.349 e. The summed E-state index contributed by atoms with van der Waals surface area (Å²) in [5.41, 5.74) is 0. The third-order valence-electron chi connectivity index (χ3n) is 5.17. The first-order chi connectivity index (χ1) is 19.0. The molecule has 0 saturated carbocycles. The van der Waals surface area contributed by atoms with Gasteiger partial charge in [-0.05, 0) is 11.8 Å². The summed E-state index contributed by atoms with van der Waals surface area (Å²) in [6, 6.07) is -1.48. The number of amides is 1. The molecule has 6 atom stereocenters. The number of nitrogens with one attached hydrogen (secondary N) is 1. The molecule has 1 N–H and O–H groups in total. The van der Waals surface area contributed by atoms with Gasteiger partial charge in [0.05, 0.1) is 13.2 Å². The van der Waals surface area contributed by atoms with Crippen LogP contribution in [0.2, 0.25) is 0 Å². The Hall–Kier alpha value is -3.73. The van der Waals surface area contributed by atoms with Gasteiger partial charge in [-0.1, -0.05) is 0 Å². The molecule has 1 saturated heterocycles.